The van der Waals surface area contributed by atoms with E-state index in [1.165, 1.54) is 12.1 Å². The van der Waals surface area contributed by atoms with Crippen molar-refractivity contribution in [3.63, 3.8) is 0 Å². The fourth-order valence-electron chi connectivity index (χ4n) is 2.85. The van der Waals surface area contributed by atoms with Crippen LogP contribution < -0.4 is 16.0 Å². The van der Waals surface area contributed by atoms with Gasteiger partial charge in [-0.1, -0.05) is 23.2 Å². The summed E-state index contributed by atoms with van der Waals surface area (Å²) in [5.74, 6) is 0.555. The number of nitriles is 1. The maximum Gasteiger partial charge on any atom is 0.349 e. The van der Waals surface area contributed by atoms with E-state index in [0.717, 1.165) is 23.1 Å². The predicted octanol–water partition coefficient (Wildman–Crippen LogP) is 2.81. The number of ether oxygens (including phenoxy) is 1. The van der Waals surface area contributed by atoms with Gasteiger partial charge in [0.15, 0.2) is 5.75 Å². The van der Waals surface area contributed by atoms with Gasteiger partial charge in [0.2, 0.25) is 5.69 Å². The molecule has 0 aliphatic rings. The molecule has 0 amide bonds. The van der Waals surface area contributed by atoms with Crippen LogP contribution in [0.1, 0.15) is 21.6 Å². The summed E-state index contributed by atoms with van der Waals surface area (Å²) in [6.45, 7) is 0.742. The van der Waals surface area contributed by atoms with Gasteiger partial charge in [-0.3, -0.25) is 14.6 Å². The Balaban J connectivity index is 1.97. The van der Waals surface area contributed by atoms with E-state index in [9.17, 15) is 14.4 Å². The molecular formula is C21H17Cl2N5O4. The second kappa shape index (κ2) is 9.78. The van der Waals surface area contributed by atoms with E-state index in [1.54, 1.807) is 24.3 Å². The first kappa shape index (κ1) is 23.2. The number of likely N-dealkylation sites (N-methyl/N-ethyl adjacent to an activating group) is 1. The van der Waals surface area contributed by atoms with Crippen molar-refractivity contribution in [2.75, 3.05) is 20.6 Å². The van der Waals surface area contributed by atoms with Gasteiger partial charge in [-0.15, -0.1) is 5.10 Å². The normalized spacial score (nSPS) is 10.8. The standard InChI is InChI=1S/C21H17Cl2N5O4/c1-27(2)6-5-12-7-15(4-3-13(12)11-29)32-19-16(22)8-14(9-17(19)23)28-21(31)25-20(30)18(10-24)26-28/h3-4,7-9,11H,5-6H2,1-2H3,(H,25,30,31). The predicted molar refractivity (Wildman–Crippen MR) is 119 cm³/mol. The summed E-state index contributed by atoms with van der Waals surface area (Å²) in [5.41, 5.74) is -0.739. The molecule has 0 bridgehead atoms. The molecule has 11 heteroatoms. The fourth-order valence-corrected chi connectivity index (χ4v) is 3.41. The molecule has 3 rings (SSSR count). The molecule has 0 atom stereocenters. The number of nitrogens with one attached hydrogen (secondary N) is 1. The number of carbonyl (C=O) groups excluding carboxylic acids is 1. The highest BCUT2D eigenvalue weighted by Gasteiger charge is 2.16. The highest BCUT2D eigenvalue weighted by molar-refractivity contribution is 6.37. The van der Waals surface area contributed by atoms with Crippen molar-refractivity contribution < 1.29 is 9.53 Å². The molecule has 0 fully saturated rings. The monoisotopic (exact) mass is 473 g/mol. The van der Waals surface area contributed by atoms with Crippen molar-refractivity contribution in [3.05, 3.63) is 78.0 Å². The summed E-state index contributed by atoms with van der Waals surface area (Å²) in [6.07, 6.45) is 1.43. The number of nitrogens with zero attached hydrogens (tertiary/aromatic N) is 4. The molecule has 0 radical (unpaired) electrons. The van der Waals surface area contributed by atoms with Gasteiger partial charge in [0.1, 0.15) is 18.1 Å². The smallest absolute Gasteiger partial charge is 0.349 e. The summed E-state index contributed by atoms with van der Waals surface area (Å²) in [6, 6.07) is 9.34. The molecule has 32 heavy (non-hydrogen) atoms. The summed E-state index contributed by atoms with van der Waals surface area (Å²) in [5, 5.41) is 12.8. The van der Waals surface area contributed by atoms with E-state index in [4.69, 9.17) is 33.2 Å². The molecule has 1 heterocycles. The number of aromatic amines is 1. The number of aldehydes is 1. The van der Waals surface area contributed by atoms with E-state index in [1.807, 2.05) is 24.0 Å². The van der Waals surface area contributed by atoms with Gasteiger partial charge in [-0.25, -0.2) is 4.79 Å². The van der Waals surface area contributed by atoms with Crippen LogP contribution in [0.4, 0.5) is 0 Å². The molecule has 164 valence electrons. The second-order valence-corrected chi connectivity index (χ2v) is 7.82. The Morgan fingerprint density at radius 2 is 1.91 bits per heavy atom. The van der Waals surface area contributed by atoms with Crippen LogP contribution in [0.15, 0.2) is 39.9 Å². The van der Waals surface area contributed by atoms with Crippen LogP contribution in [0.3, 0.4) is 0 Å². The Morgan fingerprint density at radius 3 is 2.50 bits per heavy atom. The van der Waals surface area contributed by atoms with Gasteiger partial charge in [0.05, 0.1) is 15.7 Å². The number of hydrogen-bond acceptors (Lipinski definition) is 7. The van der Waals surface area contributed by atoms with Crippen molar-refractivity contribution in [3.8, 4) is 23.3 Å². The molecule has 0 unspecified atom stereocenters. The minimum Gasteiger partial charge on any atom is -0.454 e. The maximum atomic E-state index is 12.1. The van der Waals surface area contributed by atoms with Gasteiger partial charge in [-0.2, -0.15) is 9.94 Å². The van der Waals surface area contributed by atoms with Crippen LogP contribution in [0.25, 0.3) is 5.69 Å². The summed E-state index contributed by atoms with van der Waals surface area (Å²) < 4.78 is 6.67. The molecule has 1 aromatic heterocycles. The first-order valence-corrected chi connectivity index (χ1v) is 10.0. The Bertz CT molecular complexity index is 1320. The van der Waals surface area contributed by atoms with E-state index >= 15 is 0 Å². The van der Waals surface area contributed by atoms with Gasteiger partial charge in [-0.05, 0) is 56.4 Å². The van der Waals surface area contributed by atoms with Crippen LogP contribution in [0.2, 0.25) is 10.0 Å². The van der Waals surface area contributed by atoms with Crippen LogP contribution in [-0.4, -0.2) is 46.6 Å². The number of hydrogen-bond donors (Lipinski definition) is 1. The summed E-state index contributed by atoms with van der Waals surface area (Å²) in [4.78, 5) is 39.0. The van der Waals surface area contributed by atoms with Crippen molar-refractivity contribution in [1.82, 2.24) is 19.7 Å². The van der Waals surface area contributed by atoms with E-state index in [0.29, 0.717) is 17.7 Å². The number of H-pyrrole nitrogens is 1. The van der Waals surface area contributed by atoms with Crippen molar-refractivity contribution in [2.24, 2.45) is 0 Å². The van der Waals surface area contributed by atoms with Gasteiger partial charge < -0.3 is 9.64 Å². The Kier molecular flexibility index (Phi) is 7.10. The molecule has 0 saturated heterocycles. The minimum atomic E-state index is -0.894. The fraction of sp³-hybridized carbons (Fsp3) is 0.190. The van der Waals surface area contributed by atoms with Crippen LogP contribution in [0.5, 0.6) is 11.5 Å². The third-order valence-electron chi connectivity index (χ3n) is 4.45. The average Bonchev–Trinajstić information content (AvgIpc) is 2.74. The lowest BCUT2D eigenvalue weighted by Crippen LogP contribution is -2.33. The first-order valence-electron chi connectivity index (χ1n) is 9.27. The molecule has 0 aliphatic heterocycles. The SMILES string of the molecule is CN(C)CCc1cc(Oc2c(Cl)cc(-n3nc(C#N)c(=O)[nH]c3=O)cc2Cl)ccc1C=O. The molecule has 1 N–H and O–H groups in total. The number of rotatable bonds is 7. The zero-order valence-electron chi connectivity index (χ0n) is 17.1. The second-order valence-electron chi connectivity index (χ2n) is 7.00. The lowest BCUT2D eigenvalue weighted by atomic mass is 10.0. The zero-order chi connectivity index (χ0) is 23.4. The van der Waals surface area contributed by atoms with E-state index < -0.39 is 16.9 Å². The lowest BCUT2D eigenvalue weighted by Gasteiger charge is -2.15. The van der Waals surface area contributed by atoms with E-state index in [2.05, 4.69) is 5.10 Å². The quantitative estimate of drug-likeness (QED) is 0.523. The maximum absolute atomic E-state index is 12.1. The molecule has 0 spiro atoms. The molecule has 0 aliphatic carbocycles. The Hall–Kier alpha value is -3.45. The molecule has 2 aromatic carbocycles. The number of benzene rings is 2. The minimum absolute atomic E-state index is 0.0696. The Morgan fingerprint density at radius 1 is 1.22 bits per heavy atom. The highest BCUT2D eigenvalue weighted by Crippen LogP contribution is 2.38. The van der Waals surface area contributed by atoms with Crippen LogP contribution in [-0.2, 0) is 6.42 Å². The van der Waals surface area contributed by atoms with Crippen LogP contribution in [0, 0.1) is 11.3 Å². The van der Waals surface area contributed by atoms with Gasteiger partial charge >= 0.3 is 5.69 Å². The number of halogens is 2. The number of carbonyl (C=O) groups is 1. The third-order valence-corrected chi connectivity index (χ3v) is 5.01. The van der Waals surface area contributed by atoms with Crippen molar-refractivity contribution >= 4 is 29.5 Å². The zero-order valence-corrected chi connectivity index (χ0v) is 18.6. The summed E-state index contributed by atoms with van der Waals surface area (Å²) >= 11 is 12.7. The highest BCUT2D eigenvalue weighted by atomic mass is 35.5. The molecular weight excluding hydrogens is 457 g/mol. The van der Waals surface area contributed by atoms with Crippen LogP contribution >= 0.6 is 23.2 Å². The summed E-state index contributed by atoms with van der Waals surface area (Å²) in [7, 11) is 3.87. The third kappa shape index (κ3) is 5.06. The van der Waals surface area contributed by atoms with Gasteiger partial charge in [0.25, 0.3) is 5.56 Å². The number of aromatic nitrogens is 3. The van der Waals surface area contributed by atoms with Crippen molar-refractivity contribution in [1.29, 1.82) is 5.26 Å². The topological polar surface area (TPSA) is 121 Å². The Labute approximate surface area is 192 Å². The van der Waals surface area contributed by atoms with Crippen molar-refractivity contribution in [2.45, 2.75) is 6.42 Å². The molecule has 9 nitrogen and oxygen atoms in total. The van der Waals surface area contributed by atoms with E-state index in [-0.39, 0.29) is 21.5 Å². The lowest BCUT2D eigenvalue weighted by molar-refractivity contribution is 0.112. The largest absolute Gasteiger partial charge is 0.454 e. The average molecular weight is 474 g/mol. The molecule has 0 saturated carbocycles. The first-order chi connectivity index (χ1) is 15.2. The van der Waals surface area contributed by atoms with Gasteiger partial charge in [0, 0.05) is 12.1 Å². The molecule has 3 aromatic rings.